The van der Waals surface area contributed by atoms with Gasteiger partial charge in [0.05, 0.1) is 29.1 Å². The maximum atomic E-state index is 13.0. The van der Waals surface area contributed by atoms with Crippen LogP contribution in [0.4, 0.5) is 19.1 Å². The highest BCUT2D eigenvalue weighted by molar-refractivity contribution is 5.94. The number of aromatic amines is 1. The summed E-state index contributed by atoms with van der Waals surface area (Å²) in [4.78, 5) is 14.8. The number of aromatic nitrogens is 4. The van der Waals surface area contributed by atoms with Gasteiger partial charge in [0.1, 0.15) is 11.7 Å². The van der Waals surface area contributed by atoms with E-state index in [1.807, 2.05) is 13.0 Å². The van der Waals surface area contributed by atoms with Gasteiger partial charge in [-0.3, -0.25) is 0 Å². The quantitative estimate of drug-likeness (QED) is 0.631. The van der Waals surface area contributed by atoms with Gasteiger partial charge in [-0.1, -0.05) is 6.92 Å². The van der Waals surface area contributed by atoms with E-state index in [0.717, 1.165) is 12.3 Å². The third-order valence-electron chi connectivity index (χ3n) is 3.99. The number of hydrogen-bond acceptors (Lipinski definition) is 6. The maximum absolute atomic E-state index is 13.0. The van der Waals surface area contributed by atoms with Crippen LogP contribution in [-0.2, 0) is 6.18 Å². The molecule has 0 fully saturated rings. The summed E-state index contributed by atoms with van der Waals surface area (Å²) < 4.78 is 39.0. The molecule has 1 unspecified atom stereocenters. The Morgan fingerprint density at radius 1 is 1.33 bits per heavy atom. The first-order valence-corrected chi connectivity index (χ1v) is 8.07. The minimum absolute atomic E-state index is 0.106. The molecule has 0 saturated heterocycles. The first-order valence-electron chi connectivity index (χ1n) is 8.07. The molecule has 0 bridgehead atoms. The molecule has 3 N–H and O–H groups in total. The van der Waals surface area contributed by atoms with Gasteiger partial charge in [0, 0.05) is 29.9 Å². The number of nitriles is 1. The summed E-state index contributed by atoms with van der Waals surface area (Å²) in [6, 6.07) is 2.90. The zero-order chi connectivity index (χ0) is 19.6. The van der Waals surface area contributed by atoms with Crippen molar-refractivity contribution >= 4 is 17.0 Å². The number of aliphatic hydroxyl groups excluding tert-OH is 1. The fraction of sp³-hybridized carbons (Fsp3) is 0.294. The van der Waals surface area contributed by atoms with Crippen LogP contribution in [0.3, 0.4) is 0 Å². The number of alkyl halides is 3. The largest absolute Gasteiger partial charge is 0.417 e. The maximum Gasteiger partial charge on any atom is 0.417 e. The highest BCUT2D eigenvalue weighted by Crippen LogP contribution is 2.34. The normalized spacial score (nSPS) is 12.7. The van der Waals surface area contributed by atoms with Crippen LogP contribution in [0, 0.1) is 11.3 Å². The smallest absolute Gasteiger partial charge is 0.391 e. The van der Waals surface area contributed by atoms with Gasteiger partial charge in [0.25, 0.3) is 0 Å². The fourth-order valence-corrected chi connectivity index (χ4v) is 2.46. The van der Waals surface area contributed by atoms with E-state index < -0.39 is 17.8 Å². The van der Waals surface area contributed by atoms with Crippen LogP contribution in [0.2, 0.25) is 0 Å². The van der Waals surface area contributed by atoms with E-state index in [4.69, 9.17) is 0 Å². The number of rotatable bonds is 5. The third kappa shape index (κ3) is 3.83. The van der Waals surface area contributed by atoms with Gasteiger partial charge < -0.3 is 15.4 Å². The van der Waals surface area contributed by atoms with Crippen LogP contribution >= 0.6 is 0 Å². The fourth-order valence-electron chi connectivity index (χ4n) is 2.46. The molecule has 3 aromatic heterocycles. The number of halogens is 3. The molecule has 3 aromatic rings. The average Bonchev–Trinajstić information content (AvgIpc) is 3.08. The number of anilines is 1. The van der Waals surface area contributed by atoms with Crippen molar-refractivity contribution in [3.8, 4) is 17.3 Å². The number of nitrogens with one attached hydrogen (secondary N) is 2. The van der Waals surface area contributed by atoms with E-state index in [0.29, 0.717) is 12.0 Å². The Balaban J connectivity index is 2.08. The molecular formula is C17H15F3N6O. The number of hydrogen-bond donors (Lipinski definition) is 3. The van der Waals surface area contributed by atoms with Gasteiger partial charge in [-0.2, -0.15) is 18.4 Å². The Bertz CT molecular complexity index is 1010. The molecule has 0 aromatic carbocycles. The molecule has 0 radical (unpaired) electrons. The molecule has 0 aliphatic rings. The lowest BCUT2D eigenvalue weighted by Gasteiger charge is -2.11. The topological polar surface area (TPSA) is 111 Å². The van der Waals surface area contributed by atoms with Gasteiger partial charge >= 0.3 is 6.18 Å². The van der Waals surface area contributed by atoms with Crippen LogP contribution < -0.4 is 5.32 Å². The summed E-state index contributed by atoms with van der Waals surface area (Å²) in [5.41, 5.74) is -0.0610. The van der Waals surface area contributed by atoms with E-state index in [1.54, 1.807) is 0 Å². The van der Waals surface area contributed by atoms with Crippen molar-refractivity contribution < 1.29 is 18.3 Å². The number of aliphatic hydroxyl groups is 1. The second kappa shape index (κ2) is 7.20. The number of fused-ring (bicyclic) bond motifs is 1. The molecule has 27 heavy (non-hydrogen) atoms. The highest BCUT2D eigenvalue weighted by atomic mass is 19.4. The second-order valence-corrected chi connectivity index (χ2v) is 5.83. The van der Waals surface area contributed by atoms with Crippen molar-refractivity contribution in [2.75, 3.05) is 11.9 Å². The van der Waals surface area contributed by atoms with Gasteiger partial charge in [0.2, 0.25) is 5.95 Å². The average molecular weight is 376 g/mol. The molecule has 7 nitrogen and oxygen atoms in total. The van der Waals surface area contributed by atoms with E-state index >= 15 is 0 Å². The highest BCUT2D eigenvalue weighted by Gasteiger charge is 2.31. The van der Waals surface area contributed by atoms with Crippen molar-refractivity contribution in [3.63, 3.8) is 0 Å². The van der Waals surface area contributed by atoms with Crippen LogP contribution in [0.1, 0.15) is 24.5 Å². The molecule has 10 heteroatoms. The zero-order valence-electron chi connectivity index (χ0n) is 14.2. The minimum Gasteiger partial charge on any atom is -0.391 e. The summed E-state index contributed by atoms with van der Waals surface area (Å²) >= 11 is 0. The Morgan fingerprint density at radius 3 is 2.78 bits per heavy atom. The van der Waals surface area contributed by atoms with Crippen molar-refractivity contribution in [2.24, 2.45) is 0 Å². The zero-order valence-corrected chi connectivity index (χ0v) is 14.2. The Morgan fingerprint density at radius 2 is 2.11 bits per heavy atom. The molecule has 140 valence electrons. The molecular weight excluding hydrogens is 361 g/mol. The lowest BCUT2D eigenvalue weighted by Crippen LogP contribution is -2.19. The van der Waals surface area contributed by atoms with Crippen molar-refractivity contribution in [1.29, 1.82) is 5.26 Å². The Labute approximate surface area is 151 Å². The molecule has 1 atom stereocenters. The summed E-state index contributed by atoms with van der Waals surface area (Å²) in [7, 11) is 0. The van der Waals surface area contributed by atoms with Gasteiger partial charge in [-0.25, -0.2) is 15.0 Å². The Kier molecular flexibility index (Phi) is 4.96. The number of nitrogens with zero attached hydrogens (tertiary/aromatic N) is 4. The second-order valence-electron chi connectivity index (χ2n) is 5.83. The van der Waals surface area contributed by atoms with Gasteiger partial charge in [-0.15, -0.1) is 0 Å². The predicted molar refractivity (Wildman–Crippen MR) is 91.6 cm³/mol. The van der Waals surface area contributed by atoms with Crippen molar-refractivity contribution in [1.82, 2.24) is 19.9 Å². The molecule has 3 rings (SSSR count). The lowest BCUT2D eigenvalue weighted by atomic mass is 10.1. The predicted octanol–water partition coefficient (Wildman–Crippen LogP) is 3.09. The standard InChI is InChI=1S/C17H15F3N6O/c1-2-11(27)7-25-16-24-5-9(4-21)14(26-16)13-8-23-15-12(13)3-10(6-22-15)17(18,19)20/h3,5-6,8,11,27H,2,7H2,1H3,(H,22,23)(H,24,25,26). The number of H-pyrrole nitrogens is 1. The van der Waals surface area contributed by atoms with Crippen molar-refractivity contribution in [3.05, 3.63) is 35.8 Å². The van der Waals surface area contributed by atoms with Gasteiger partial charge in [-0.05, 0) is 12.5 Å². The van der Waals surface area contributed by atoms with E-state index in [2.05, 4.69) is 25.3 Å². The van der Waals surface area contributed by atoms with Gasteiger partial charge in [0.15, 0.2) is 0 Å². The van der Waals surface area contributed by atoms with E-state index in [9.17, 15) is 23.5 Å². The molecule has 0 aliphatic carbocycles. The summed E-state index contributed by atoms with van der Waals surface area (Å²) in [6.07, 6.45) is -1.13. The monoisotopic (exact) mass is 376 g/mol. The minimum atomic E-state index is -4.54. The first kappa shape index (κ1) is 18.6. The Hall–Kier alpha value is -3.19. The molecule has 0 spiro atoms. The van der Waals surface area contributed by atoms with E-state index in [-0.39, 0.29) is 34.8 Å². The molecule has 0 saturated carbocycles. The molecule has 3 heterocycles. The summed E-state index contributed by atoms with van der Waals surface area (Å²) in [5.74, 6) is 0.158. The van der Waals surface area contributed by atoms with E-state index in [1.165, 1.54) is 12.4 Å². The molecule has 0 amide bonds. The van der Waals surface area contributed by atoms with Crippen LogP contribution in [0.5, 0.6) is 0 Å². The summed E-state index contributed by atoms with van der Waals surface area (Å²) in [6.45, 7) is 2.02. The third-order valence-corrected chi connectivity index (χ3v) is 3.99. The summed E-state index contributed by atoms with van der Waals surface area (Å²) in [5, 5.41) is 22.0. The molecule has 0 aliphatic heterocycles. The number of pyridine rings is 1. The van der Waals surface area contributed by atoms with Crippen LogP contribution in [0.15, 0.2) is 24.7 Å². The SMILES string of the molecule is CCC(O)CNc1ncc(C#N)c(-c2c[nH]c3ncc(C(F)(F)F)cc23)n1. The first-order chi connectivity index (χ1) is 12.8. The lowest BCUT2D eigenvalue weighted by molar-refractivity contribution is -0.137. The van der Waals surface area contributed by atoms with Crippen molar-refractivity contribution in [2.45, 2.75) is 25.6 Å². The van der Waals surface area contributed by atoms with Crippen LogP contribution in [0.25, 0.3) is 22.3 Å². The van der Waals surface area contributed by atoms with Crippen LogP contribution in [-0.4, -0.2) is 37.7 Å².